The zero-order valence-electron chi connectivity index (χ0n) is 9.48. The molecule has 1 aromatic rings. The molecule has 3 nitrogen and oxygen atoms in total. The number of pyridine rings is 1. The van der Waals surface area contributed by atoms with E-state index in [2.05, 4.69) is 23.4 Å². The Bertz CT molecular complexity index is 305. The Morgan fingerprint density at radius 3 is 2.80 bits per heavy atom. The second kappa shape index (κ2) is 5.51. The van der Waals surface area contributed by atoms with Gasteiger partial charge in [0.25, 0.3) is 0 Å². The van der Waals surface area contributed by atoms with E-state index in [0.29, 0.717) is 0 Å². The first-order chi connectivity index (χ1) is 7.19. The van der Waals surface area contributed by atoms with Crippen LogP contribution in [0.1, 0.15) is 25.1 Å². The predicted molar refractivity (Wildman–Crippen MR) is 64.9 cm³/mol. The van der Waals surface area contributed by atoms with Crippen molar-refractivity contribution in [3.8, 4) is 0 Å². The van der Waals surface area contributed by atoms with Crippen LogP contribution in [-0.2, 0) is 0 Å². The minimum atomic E-state index is 0.0451. The van der Waals surface area contributed by atoms with Crippen molar-refractivity contribution in [3.05, 3.63) is 36.7 Å². The SMILES string of the molecule is C=CCN(C)c1ccc(C(N)CC)nc1. The van der Waals surface area contributed by atoms with Crippen molar-refractivity contribution < 1.29 is 0 Å². The van der Waals surface area contributed by atoms with Gasteiger partial charge in [-0.1, -0.05) is 13.0 Å². The van der Waals surface area contributed by atoms with Gasteiger partial charge in [0.05, 0.1) is 17.6 Å². The molecule has 1 unspecified atom stereocenters. The fourth-order valence-corrected chi connectivity index (χ4v) is 1.35. The molecule has 2 N–H and O–H groups in total. The molecule has 0 aliphatic rings. The molecule has 1 atom stereocenters. The first-order valence-electron chi connectivity index (χ1n) is 5.22. The highest BCUT2D eigenvalue weighted by Gasteiger charge is 2.05. The van der Waals surface area contributed by atoms with Gasteiger partial charge in [-0.15, -0.1) is 6.58 Å². The van der Waals surface area contributed by atoms with Gasteiger partial charge >= 0.3 is 0 Å². The number of nitrogens with two attached hydrogens (primary N) is 1. The van der Waals surface area contributed by atoms with Crippen molar-refractivity contribution in [2.45, 2.75) is 19.4 Å². The van der Waals surface area contributed by atoms with E-state index >= 15 is 0 Å². The van der Waals surface area contributed by atoms with Crippen LogP contribution >= 0.6 is 0 Å². The molecular weight excluding hydrogens is 186 g/mol. The highest BCUT2D eigenvalue weighted by molar-refractivity contribution is 5.44. The molecule has 1 rings (SSSR count). The lowest BCUT2D eigenvalue weighted by Crippen LogP contribution is -2.17. The molecule has 3 heteroatoms. The predicted octanol–water partition coefficient (Wildman–Crippen LogP) is 2.11. The van der Waals surface area contributed by atoms with Crippen molar-refractivity contribution in [1.29, 1.82) is 0 Å². The number of hydrogen-bond donors (Lipinski definition) is 1. The lowest BCUT2D eigenvalue weighted by molar-refractivity contribution is 0.675. The Balaban J connectivity index is 2.75. The smallest absolute Gasteiger partial charge is 0.0572 e. The summed E-state index contributed by atoms with van der Waals surface area (Å²) in [7, 11) is 2.01. The van der Waals surface area contributed by atoms with Crippen molar-refractivity contribution in [3.63, 3.8) is 0 Å². The summed E-state index contributed by atoms with van der Waals surface area (Å²) in [6.07, 6.45) is 4.63. The van der Waals surface area contributed by atoms with Gasteiger partial charge in [-0.3, -0.25) is 4.98 Å². The van der Waals surface area contributed by atoms with E-state index in [1.54, 1.807) is 0 Å². The number of rotatable bonds is 5. The van der Waals surface area contributed by atoms with Crippen LogP contribution < -0.4 is 10.6 Å². The van der Waals surface area contributed by atoms with Crippen LogP contribution in [0.25, 0.3) is 0 Å². The Hall–Kier alpha value is -1.35. The fraction of sp³-hybridized carbons (Fsp3) is 0.417. The summed E-state index contributed by atoms with van der Waals surface area (Å²) in [6.45, 7) is 6.58. The molecule has 0 radical (unpaired) electrons. The molecule has 0 saturated carbocycles. The molecule has 0 aliphatic carbocycles. The third-order valence-electron chi connectivity index (χ3n) is 2.43. The van der Waals surface area contributed by atoms with E-state index in [0.717, 1.165) is 24.3 Å². The van der Waals surface area contributed by atoms with Gasteiger partial charge < -0.3 is 10.6 Å². The van der Waals surface area contributed by atoms with Crippen LogP contribution in [-0.4, -0.2) is 18.6 Å². The van der Waals surface area contributed by atoms with Gasteiger partial charge in [0.1, 0.15) is 0 Å². The average molecular weight is 205 g/mol. The lowest BCUT2D eigenvalue weighted by atomic mass is 10.1. The molecule has 0 amide bonds. The van der Waals surface area contributed by atoms with Crippen molar-refractivity contribution in [2.75, 3.05) is 18.5 Å². The van der Waals surface area contributed by atoms with E-state index in [-0.39, 0.29) is 6.04 Å². The molecule has 0 bridgehead atoms. The molecule has 0 aromatic carbocycles. The van der Waals surface area contributed by atoms with Crippen LogP contribution in [0.3, 0.4) is 0 Å². The van der Waals surface area contributed by atoms with E-state index < -0.39 is 0 Å². The van der Waals surface area contributed by atoms with Gasteiger partial charge in [0.15, 0.2) is 0 Å². The minimum Gasteiger partial charge on any atom is -0.370 e. The maximum atomic E-state index is 5.89. The topological polar surface area (TPSA) is 42.1 Å². The zero-order chi connectivity index (χ0) is 11.3. The minimum absolute atomic E-state index is 0.0451. The summed E-state index contributed by atoms with van der Waals surface area (Å²) >= 11 is 0. The summed E-state index contributed by atoms with van der Waals surface area (Å²) < 4.78 is 0. The Labute approximate surface area is 91.6 Å². The van der Waals surface area contributed by atoms with E-state index in [4.69, 9.17) is 5.73 Å². The van der Waals surface area contributed by atoms with Gasteiger partial charge in [-0.05, 0) is 18.6 Å². The van der Waals surface area contributed by atoms with Crippen LogP contribution in [0, 0.1) is 0 Å². The molecule has 0 aliphatic heterocycles. The van der Waals surface area contributed by atoms with E-state index in [9.17, 15) is 0 Å². The van der Waals surface area contributed by atoms with E-state index in [1.165, 1.54) is 0 Å². The largest absolute Gasteiger partial charge is 0.370 e. The first kappa shape index (κ1) is 11.7. The van der Waals surface area contributed by atoms with Crippen molar-refractivity contribution in [1.82, 2.24) is 4.98 Å². The van der Waals surface area contributed by atoms with Crippen LogP contribution in [0.4, 0.5) is 5.69 Å². The fourth-order valence-electron chi connectivity index (χ4n) is 1.35. The monoisotopic (exact) mass is 205 g/mol. The maximum absolute atomic E-state index is 5.89. The Morgan fingerprint density at radius 1 is 1.60 bits per heavy atom. The molecule has 1 aromatic heterocycles. The van der Waals surface area contributed by atoms with Gasteiger partial charge in [-0.2, -0.15) is 0 Å². The summed E-state index contributed by atoms with van der Waals surface area (Å²) in [5.41, 5.74) is 7.92. The van der Waals surface area contributed by atoms with Gasteiger partial charge in [0, 0.05) is 19.6 Å². The third-order valence-corrected chi connectivity index (χ3v) is 2.43. The van der Waals surface area contributed by atoms with Crippen LogP contribution in [0.15, 0.2) is 31.0 Å². The van der Waals surface area contributed by atoms with Crippen LogP contribution in [0.5, 0.6) is 0 Å². The summed E-state index contributed by atoms with van der Waals surface area (Å²) in [5.74, 6) is 0. The van der Waals surface area contributed by atoms with Gasteiger partial charge in [-0.25, -0.2) is 0 Å². The van der Waals surface area contributed by atoms with Gasteiger partial charge in [0.2, 0.25) is 0 Å². The normalized spacial score (nSPS) is 12.2. The highest BCUT2D eigenvalue weighted by Crippen LogP contribution is 2.15. The van der Waals surface area contributed by atoms with Crippen molar-refractivity contribution >= 4 is 5.69 Å². The quantitative estimate of drug-likeness (QED) is 0.749. The standard InChI is InChI=1S/C12H19N3/c1-4-8-15(3)10-6-7-12(14-9-10)11(13)5-2/h4,6-7,9,11H,1,5,8,13H2,2-3H3. The molecular formula is C12H19N3. The maximum Gasteiger partial charge on any atom is 0.0572 e. The lowest BCUT2D eigenvalue weighted by Gasteiger charge is -2.17. The second-order valence-electron chi connectivity index (χ2n) is 3.63. The Morgan fingerprint density at radius 2 is 2.33 bits per heavy atom. The number of likely N-dealkylation sites (N-methyl/N-ethyl adjacent to an activating group) is 1. The molecule has 82 valence electrons. The molecule has 1 heterocycles. The summed E-state index contributed by atoms with van der Waals surface area (Å²) in [4.78, 5) is 6.44. The summed E-state index contributed by atoms with van der Waals surface area (Å²) in [5, 5.41) is 0. The van der Waals surface area contributed by atoms with Crippen molar-refractivity contribution in [2.24, 2.45) is 5.73 Å². The second-order valence-corrected chi connectivity index (χ2v) is 3.63. The molecule has 0 saturated heterocycles. The zero-order valence-corrected chi connectivity index (χ0v) is 9.48. The number of aromatic nitrogens is 1. The molecule has 15 heavy (non-hydrogen) atoms. The highest BCUT2D eigenvalue weighted by atomic mass is 15.1. The number of hydrogen-bond acceptors (Lipinski definition) is 3. The van der Waals surface area contributed by atoms with Crippen LogP contribution in [0.2, 0.25) is 0 Å². The molecule has 0 spiro atoms. The van der Waals surface area contributed by atoms with E-state index in [1.807, 2.05) is 31.5 Å². The average Bonchev–Trinajstić information content (AvgIpc) is 2.28. The number of anilines is 1. The first-order valence-corrected chi connectivity index (χ1v) is 5.22. The third kappa shape index (κ3) is 3.06. The molecule has 0 fully saturated rings. The number of nitrogens with zero attached hydrogens (tertiary/aromatic N) is 2. The Kier molecular flexibility index (Phi) is 4.31. The summed E-state index contributed by atoms with van der Waals surface area (Å²) in [6, 6.07) is 4.08.